The molecule has 1 aromatic heterocycles. The van der Waals surface area contributed by atoms with Crippen molar-refractivity contribution in [3.05, 3.63) is 40.4 Å². The number of esters is 1. The van der Waals surface area contributed by atoms with Gasteiger partial charge in [0.2, 0.25) is 11.7 Å². The number of carbonyl (C=O) groups is 3. The number of carbonyl (C=O) groups excluding carboxylic acids is 3. The fourth-order valence-corrected chi connectivity index (χ4v) is 12.6. The van der Waals surface area contributed by atoms with Crippen LogP contribution < -0.4 is 25.2 Å². The van der Waals surface area contributed by atoms with E-state index in [1.165, 1.54) is 291 Å². The average Bonchev–Trinajstić information content (AvgIpc) is 1.32. The highest BCUT2D eigenvalue weighted by Crippen LogP contribution is 2.40. The Morgan fingerprint density at radius 2 is 0.880 bits per heavy atom. The monoisotopic (exact) mass is 1290 g/mol. The fraction of sp³-hybridized carbons (Fsp3) is 0.833. The third-order valence-corrected chi connectivity index (χ3v) is 18.6. The van der Waals surface area contributed by atoms with Gasteiger partial charge in [0.25, 0.3) is 5.91 Å². The number of amides is 2. The van der Waals surface area contributed by atoms with Crippen LogP contribution >= 0.6 is 0 Å². The molecule has 1 aliphatic heterocycles. The van der Waals surface area contributed by atoms with Gasteiger partial charge in [-0.2, -0.15) is 4.98 Å². The zero-order valence-electron chi connectivity index (χ0n) is 59.8. The van der Waals surface area contributed by atoms with E-state index in [9.17, 15) is 24.3 Å². The zero-order valence-corrected chi connectivity index (χ0v) is 59.8. The molecule has 0 radical (unpaired) electrons. The molecule has 0 saturated carbocycles. The van der Waals surface area contributed by atoms with Gasteiger partial charge in [-0.3, -0.25) is 19.0 Å². The summed E-state index contributed by atoms with van der Waals surface area (Å²) >= 11 is 0. The molecule has 3 rings (SSSR count). The predicted octanol–water partition coefficient (Wildman–Crippen LogP) is 21.3. The summed E-state index contributed by atoms with van der Waals surface area (Å²) in [6.07, 6.45) is 62.7. The molecule has 1 aromatic carbocycles. The second kappa shape index (κ2) is 57.1. The van der Waals surface area contributed by atoms with Gasteiger partial charge in [-0.25, -0.2) is 4.79 Å². The van der Waals surface area contributed by atoms with Gasteiger partial charge in [0.1, 0.15) is 18.7 Å². The second-order valence-corrected chi connectivity index (χ2v) is 27.1. The van der Waals surface area contributed by atoms with Crippen LogP contribution in [0.4, 0.5) is 5.82 Å². The Balaban J connectivity index is 1.58. The minimum Gasteiger partial charge on any atom is -0.490 e. The van der Waals surface area contributed by atoms with Crippen molar-refractivity contribution in [2.24, 2.45) is 0 Å². The smallest absolute Gasteiger partial charge is 0.351 e. The first-order chi connectivity index (χ1) is 45.1. The molecule has 0 aliphatic carbocycles. The highest BCUT2D eigenvalue weighted by atomic mass is 16.5. The lowest BCUT2D eigenvalue weighted by atomic mass is 10.0. The van der Waals surface area contributed by atoms with Gasteiger partial charge in [-0.05, 0) is 43.9 Å². The molecule has 530 valence electrons. The molecule has 92 heavy (non-hydrogen) atoms. The highest BCUT2D eigenvalue weighted by Gasteiger charge is 2.34. The third kappa shape index (κ3) is 40.9. The van der Waals surface area contributed by atoms with Crippen molar-refractivity contribution >= 4 is 23.6 Å². The number of likely N-dealkylation sites (N-methyl/N-ethyl adjacent to an activating group) is 1. The molecule has 1 aliphatic rings. The number of rotatable bonds is 64. The highest BCUT2D eigenvalue weighted by molar-refractivity contribution is 5.95. The van der Waals surface area contributed by atoms with Crippen LogP contribution in [-0.4, -0.2) is 89.6 Å². The molecule has 2 amide bonds. The van der Waals surface area contributed by atoms with Crippen molar-refractivity contribution in [2.75, 3.05) is 45.3 Å². The number of nitrogens with zero attached hydrogens (tertiary/aromatic N) is 3. The van der Waals surface area contributed by atoms with Gasteiger partial charge in [0.15, 0.2) is 11.5 Å². The molecule has 3 atom stereocenters. The maximum Gasteiger partial charge on any atom is 0.351 e. The predicted molar refractivity (Wildman–Crippen MR) is 381 cm³/mol. The summed E-state index contributed by atoms with van der Waals surface area (Å²) in [7, 11) is 1.68. The summed E-state index contributed by atoms with van der Waals surface area (Å²) in [6, 6.07) is 5.08. The summed E-state index contributed by atoms with van der Waals surface area (Å²) in [4.78, 5) is 58.3. The Bertz CT molecular complexity index is 2110. The standard InChI is InChI=1S/C78H138N4O10/c1-6-10-13-16-19-22-25-28-31-34-37-40-43-46-49-52-60-88-70-64-67(77(86)81(5)59-63-90-75(85)56-55-73(84)79-72-57-58-82(78(87)80-72)74-66-68(83)69(9-4)92-74)65-71(89-61-53-50-47-44-41-38-35-32-29-26-23-20-17-14-11-7-2)76(70)91-62-54-51-48-45-42-39-36-33-30-27-24-21-18-15-12-8-3/h57-58,64-65,68-69,74,83H,6-56,59-63,66H2,1-5H3,(H,79,80,84,87)/t68?,69-,74-/m1/s1. The van der Waals surface area contributed by atoms with Crippen LogP contribution in [0.3, 0.4) is 0 Å². The van der Waals surface area contributed by atoms with Gasteiger partial charge in [0, 0.05) is 31.6 Å². The number of hydrogen-bond acceptors (Lipinski definition) is 11. The number of nitrogens with one attached hydrogen (secondary N) is 1. The van der Waals surface area contributed by atoms with Crippen LogP contribution in [0.25, 0.3) is 0 Å². The van der Waals surface area contributed by atoms with E-state index in [4.69, 9.17) is 23.7 Å². The van der Waals surface area contributed by atoms with E-state index in [0.29, 0.717) is 49.1 Å². The SMILES string of the molecule is CCCCCCCCCCCCCCCCCCOc1cc(C(=O)N(C)CCOC(=O)CCC(=O)Nc2ccn([C@H]3CC(O)[C@@H](CC)O3)c(=O)n2)cc(OCCCCCCCCCCCCCCCCCC)c1OCCCCCCCCCCCCCCCCCC. The Morgan fingerprint density at radius 1 is 0.522 bits per heavy atom. The first-order valence-corrected chi connectivity index (χ1v) is 38.8. The molecule has 1 unspecified atom stereocenters. The Hall–Kier alpha value is -4.17. The molecule has 14 heteroatoms. The Kier molecular flexibility index (Phi) is 50.9. The third-order valence-electron chi connectivity index (χ3n) is 18.6. The van der Waals surface area contributed by atoms with E-state index in [2.05, 4.69) is 31.1 Å². The minimum absolute atomic E-state index is 0.0490. The molecule has 0 bridgehead atoms. The van der Waals surface area contributed by atoms with E-state index in [-0.39, 0.29) is 50.2 Å². The minimum atomic E-state index is -0.675. The number of aliphatic hydroxyl groups excluding tert-OH is 1. The van der Waals surface area contributed by atoms with E-state index in [1.807, 2.05) is 6.92 Å². The fourth-order valence-electron chi connectivity index (χ4n) is 12.6. The van der Waals surface area contributed by atoms with Crippen LogP contribution in [0.2, 0.25) is 0 Å². The molecule has 2 heterocycles. The number of benzene rings is 1. The van der Waals surface area contributed by atoms with Gasteiger partial charge >= 0.3 is 11.7 Å². The van der Waals surface area contributed by atoms with Crippen LogP contribution in [0.1, 0.15) is 378 Å². The van der Waals surface area contributed by atoms with Crippen LogP contribution in [-0.2, 0) is 19.1 Å². The lowest BCUT2D eigenvalue weighted by Crippen LogP contribution is -2.31. The average molecular weight is 1290 g/mol. The van der Waals surface area contributed by atoms with Crippen molar-refractivity contribution in [1.82, 2.24) is 14.5 Å². The largest absolute Gasteiger partial charge is 0.490 e. The van der Waals surface area contributed by atoms with Gasteiger partial charge in [0.05, 0.1) is 45.0 Å². The molecule has 0 spiro atoms. The van der Waals surface area contributed by atoms with Crippen molar-refractivity contribution in [3.63, 3.8) is 0 Å². The molecule has 2 N–H and O–H groups in total. The maximum atomic E-state index is 14.3. The van der Waals surface area contributed by atoms with Gasteiger partial charge in [-0.1, -0.05) is 317 Å². The lowest BCUT2D eigenvalue weighted by Gasteiger charge is -2.21. The first-order valence-electron chi connectivity index (χ1n) is 38.8. The number of hydrogen-bond donors (Lipinski definition) is 2. The number of aliphatic hydroxyl groups is 1. The number of anilines is 1. The number of unbranched alkanes of at least 4 members (excludes halogenated alkanes) is 45. The second-order valence-electron chi connectivity index (χ2n) is 27.1. The zero-order chi connectivity index (χ0) is 66.2. The summed E-state index contributed by atoms with van der Waals surface area (Å²) in [6.45, 7) is 10.4. The van der Waals surface area contributed by atoms with Crippen LogP contribution in [0.15, 0.2) is 29.2 Å². The van der Waals surface area contributed by atoms with Crippen LogP contribution in [0.5, 0.6) is 17.2 Å². The molecule has 14 nitrogen and oxygen atoms in total. The molecule has 2 aromatic rings. The lowest BCUT2D eigenvalue weighted by molar-refractivity contribution is -0.144. The topological polar surface area (TPSA) is 168 Å². The number of aromatic nitrogens is 2. The van der Waals surface area contributed by atoms with Crippen LogP contribution in [0, 0.1) is 0 Å². The summed E-state index contributed by atoms with van der Waals surface area (Å²) in [5.74, 6) is 0.311. The van der Waals surface area contributed by atoms with E-state index >= 15 is 0 Å². The van der Waals surface area contributed by atoms with E-state index in [1.54, 1.807) is 19.2 Å². The quantitative estimate of drug-likeness (QED) is 0.0478. The summed E-state index contributed by atoms with van der Waals surface area (Å²) < 4.78 is 32.5. The molecular weight excluding hydrogens is 1150 g/mol. The summed E-state index contributed by atoms with van der Waals surface area (Å²) in [5.41, 5.74) is -0.211. The first kappa shape index (κ1) is 82.1. The van der Waals surface area contributed by atoms with Gasteiger partial charge < -0.3 is 39.0 Å². The van der Waals surface area contributed by atoms with Gasteiger partial charge in [-0.15, -0.1) is 0 Å². The van der Waals surface area contributed by atoms with E-state index < -0.39 is 29.9 Å². The van der Waals surface area contributed by atoms with Crippen molar-refractivity contribution < 1.29 is 43.2 Å². The van der Waals surface area contributed by atoms with Crippen molar-refractivity contribution in [2.45, 2.75) is 380 Å². The molecular formula is C78H138N4O10. The summed E-state index contributed by atoms with van der Waals surface area (Å²) in [5, 5.41) is 12.8. The van der Waals surface area contributed by atoms with Crippen molar-refractivity contribution in [1.29, 1.82) is 0 Å². The maximum absolute atomic E-state index is 14.3. The Morgan fingerprint density at radius 3 is 1.23 bits per heavy atom. The van der Waals surface area contributed by atoms with E-state index in [0.717, 1.165) is 38.5 Å². The van der Waals surface area contributed by atoms with Crippen molar-refractivity contribution in [3.8, 4) is 17.2 Å². The normalized spacial score (nSPS) is 14.7. The Labute approximate surface area is 561 Å². The molecule has 1 saturated heterocycles. The molecule has 1 fully saturated rings. The number of ether oxygens (including phenoxy) is 5.